The largest absolute Gasteiger partial charge is 0.336 e. The highest BCUT2D eigenvalue weighted by Gasteiger charge is 2.23. The summed E-state index contributed by atoms with van der Waals surface area (Å²) in [5.41, 5.74) is 1.07. The maximum absolute atomic E-state index is 12.4. The predicted octanol–water partition coefficient (Wildman–Crippen LogP) is 2.01. The van der Waals surface area contributed by atoms with E-state index < -0.39 is 4.92 Å². The van der Waals surface area contributed by atoms with E-state index in [2.05, 4.69) is 5.32 Å². The van der Waals surface area contributed by atoms with E-state index in [1.54, 1.807) is 17.0 Å². The molecule has 0 aromatic heterocycles. The number of benzene rings is 1. The lowest BCUT2D eigenvalue weighted by Crippen LogP contribution is -2.51. The van der Waals surface area contributed by atoms with E-state index in [0.717, 1.165) is 6.54 Å². The van der Waals surface area contributed by atoms with E-state index in [9.17, 15) is 14.9 Å². The average molecular weight is 314 g/mol. The van der Waals surface area contributed by atoms with Crippen molar-refractivity contribution in [2.45, 2.75) is 26.3 Å². The molecule has 1 aromatic carbocycles. The van der Waals surface area contributed by atoms with Crippen LogP contribution in [0.3, 0.4) is 0 Å². The van der Waals surface area contributed by atoms with Crippen LogP contribution in [-0.4, -0.2) is 41.4 Å². The molecule has 1 aromatic rings. The number of carbonyl (C=O) groups excluding carboxylic acids is 1. The number of amides is 1. The molecule has 1 amide bonds. The molecule has 0 radical (unpaired) electrons. The summed E-state index contributed by atoms with van der Waals surface area (Å²) >= 11 is 0. The Labute approximate surface area is 130 Å². The normalized spacial score (nSPS) is 18.0. The maximum Gasteiger partial charge on any atom is 0.273 e. The summed E-state index contributed by atoms with van der Waals surface area (Å²) in [4.78, 5) is 24.8. The number of piperazine rings is 1. The van der Waals surface area contributed by atoms with Crippen molar-refractivity contribution in [3.05, 3.63) is 39.4 Å². The lowest BCUT2D eigenvalue weighted by molar-refractivity contribution is -0.385. The zero-order valence-corrected chi connectivity index (χ0v) is 13.0. The van der Waals surface area contributed by atoms with E-state index in [4.69, 9.17) is 0 Å². The quantitative estimate of drug-likeness (QED) is 0.684. The van der Waals surface area contributed by atoms with Crippen LogP contribution < -0.4 is 5.32 Å². The van der Waals surface area contributed by atoms with Crippen molar-refractivity contribution in [2.24, 2.45) is 0 Å². The number of nitrogens with one attached hydrogen (secondary N) is 1. The number of nitro benzene ring substituents is 1. The number of carbonyl (C=O) groups is 1. The van der Waals surface area contributed by atoms with E-state index >= 15 is 0 Å². The molecule has 1 N–H and O–H groups in total. The molecule has 6 nitrogen and oxygen atoms in total. The molecule has 0 aliphatic carbocycles. The lowest BCUT2D eigenvalue weighted by Gasteiger charge is -2.31. The number of aryl methyl sites for hydroxylation is 1. The van der Waals surface area contributed by atoms with Crippen LogP contribution in [0.15, 0.2) is 18.2 Å². The summed E-state index contributed by atoms with van der Waals surface area (Å²) in [6.07, 6.45) is 0.579. The van der Waals surface area contributed by atoms with E-state index in [1.807, 2.05) is 13.8 Å². The maximum atomic E-state index is 12.4. The Morgan fingerprint density at radius 3 is 2.81 bits per heavy atom. The van der Waals surface area contributed by atoms with Crippen LogP contribution in [0.5, 0.6) is 0 Å². The molecular formula is C14H20ClN3O3. The molecule has 1 unspecified atom stereocenters. The van der Waals surface area contributed by atoms with Crippen molar-refractivity contribution < 1.29 is 9.72 Å². The Kier molecular flexibility index (Phi) is 6.11. The van der Waals surface area contributed by atoms with Gasteiger partial charge >= 0.3 is 0 Å². The molecule has 1 atom stereocenters. The fourth-order valence-electron chi connectivity index (χ4n) is 2.47. The molecule has 0 bridgehead atoms. The monoisotopic (exact) mass is 313 g/mol. The minimum absolute atomic E-state index is 0. The average Bonchev–Trinajstić information content (AvgIpc) is 2.45. The SMILES string of the molecule is CCc1ccc(C(=O)N2CCNC(C)C2)cc1[N+](=O)[O-].Cl. The van der Waals surface area contributed by atoms with Gasteiger partial charge in [-0.15, -0.1) is 12.4 Å². The van der Waals surface area contributed by atoms with Gasteiger partial charge in [0.25, 0.3) is 11.6 Å². The van der Waals surface area contributed by atoms with Gasteiger partial charge in [-0.25, -0.2) is 0 Å². The fraction of sp³-hybridized carbons (Fsp3) is 0.500. The van der Waals surface area contributed by atoms with Crippen molar-refractivity contribution in [1.82, 2.24) is 10.2 Å². The van der Waals surface area contributed by atoms with E-state index in [-0.39, 0.29) is 30.0 Å². The zero-order valence-electron chi connectivity index (χ0n) is 12.2. The Hall–Kier alpha value is -1.66. The van der Waals surface area contributed by atoms with Gasteiger partial charge in [0.1, 0.15) is 0 Å². The topological polar surface area (TPSA) is 75.5 Å². The van der Waals surface area contributed by atoms with Crippen LogP contribution >= 0.6 is 12.4 Å². The van der Waals surface area contributed by atoms with Crippen molar-refractivity contribution in [1.29, 1.82) is 0 Å². The number of rotatable bonds is 3. The first-order valence-electron chi connectivity index (χ1n) is 6.83. The highest BCUT2D eigenvalue weighted by atomic mass is 35.5. The minimum Gasteiger partial charge on any atom is -0.336 e. The first-order chi connectivity index (χ1) is 9.52. The molecule has 116 valence electrons. The summed E-state index contributed by atoms with van der Waals surface area (Å²) < 4.78 is 0. The van der Waals surface area contributed by atoms with Crippen LogP contribution in [0.2, 0.25) is 0 Å². The Morgan fingerprint density at radius 2 is 2.24 bits per heavy atom. The number of hydrogen-bond donors (Lipinski definition) is 1. The third-order valence-corrected chi connectivity index (χ3v) is 3.57. The van der Waals surface area contributed by atoms with Crippen molar-refractivity contribution in [3.63, 3.8) is 0 Å². The minimum atomic E-state index is -0.421. The molecule has 2 rings (SSSR count). The fourth-order valence-corrected chi connectivity index (χ4v) is 2.47. The summed E-state index contributed by atoms with van der Waals surface area (Å²) in [6, 6.07) is 5.00. The van der Waals surface area contributed by atoms with Crippen LogP contribution in [0.25, 0.3) is 0 Å². The van der Waals surface area contributed by atoms with Gasteiger partial charge in [-0.05, 0) is 19.4 Å². The summed E-state index contributed by atoms with van der Waals surface area (Å²) in [7, 11) is 0. The molecule has 0 saturated carbocycles. The molecule has 21 heavy (non-hydrogen) atoms. The second-order valence-electron chi connectivity index (χ2n) is 5.06. The zero-order chi connectivity index (χ0) is 14.7. The van der Waals surface area contributed by atoms with Gasteiger partial charge in [0.05, 0.1) is 4.92 Å². The second kappa shape index (κ2) is 7.38. The van der Waals surface area contributed by atoms with Gasteiger partial charge in [0.2, 0.25) is 0 Å². The molecule has 7 heteroatoms. The van der Waals surface area contributed by atoms with Crippen LogP contribution in [0.1, 0.15) is 29.8 Å². The molecule has 1 aliphatic rings. The van der Waals surface area contributed by atoms with Crippen LogP contribution in [0, 0.1) is 10.1 Å². The molecule has 1 saturated heterocycles. The summed E-state index contributed by atoms with van der Waals surface area (Å²) in [6.45, 7) is 5.89. The van der Waals surface area contributed by atoms with Gasteiger partial charge in [-0.2, -0.15) is 0 Å². The Morgan fingerprint density at radius 1 is 1.52 bits per heavy atom. The van der Waals surface area contributed by atoms with Gasteiger partial charge in [-0.3, -0.25) is 14.9 Å². The molecule has 1 heterocycles. The smallest absolute Gasteiger partial charge is 0.273 e. The van der Waals surface area contributed by atoms with Crippen molar-refractivity contribution in [2.75, 3.05) is 19.6 Å². The standard InChI is InChI=1S/C14H19N3O3.ClH/c1-3-11-4-5-12(8-13(11)17(19)20)14(18)16-7-6-15-10(2)9-16;/h4-5,8,10,15H,3,6-7,9H2,1-2H3;1H. The third-order valence-electron chi connectivity index (χ3n) is 3.57. The van der Waals surface area contributed by atoms with Gasteiger partial charge < -0.3 is 10.2 Å². The van der Waals surface area contributed by atoms with E-state index in [1.165, 1.54) is 6.07 Å². The molecule has 1 aliphatic heterocycles. The summed E-state index contributed by atoms with van der Waals surface area (Å²) in [5.74, 6) is -0.135. The highest BCUT2D eigenvalue weighted by Crippen LogP contribution is 2.22. The van der Waals surface area contributed by atoms with Crippen LogP contribution in [0.4, 0.5) is 5.69 Å². The van der Waals surface area contributed by atoms with Crippen molar-refractivity contribution >= 4 is 24.0 Å². The third kappa shape index (κ3) is 3.92. The van der Waals surface area contributed by atoms with Crippen LogP contribution in [-0.2, 0) is 6.42 Å². The summed E-state index contributed by atoms with van der Waals surface area (Å²) in [5, 5.41) is 14.3. The first-order valence-corrected chi connectivity index (χ1v) is 6.83. The molecular weight excluding hydrogens is 294 g/mol. The van der Waals surface area contributed by atoms with Gasteiger partial charge in [-0.1, -0.05) is 13.0 Å². The Bertz CT molecular complexity index is 536. The first kappa shape index (κ1) is 17.4. The molecule has 0 spiro atoms. The lowest BCUT2D eigenvalue weighted by atomic mass is 10.1. The molecule has 1 fully saturated rings. The van der Waals surface area contributed by atoms with E-state index in [0.29, 0.717) is 30.6 Å². The number of halogens is 1. The second-order valence-corrected chi connectivity index (χ2v) is 5.06. The number of nitrogens with zero attached hydrogens (tertiary/aromatic N) is 2. The number of hydrogen-bond acceptors (Lipinski definition) is 4. The van der Waals surface area contributed by atoms with Gasteiger partial charge in [0, 0.05) is 42.9 Å². The Balaban J connectivity index is 0.00000220. The highest BCUT2D eigenvalue weighted by molar-refractivity contribution is 5.95. The van der Waals surface area contributed by atoms with Gasteiger partial charge in [0.15, 0.2) is 0 Å². The van der Waals surface area contributed by atoms with Crippen molar-refractivity contribution in [3.8, 4) is 0 Å². The number of nitro groups is 1. The predicted molar refractivity (Wildman–Crippen MR) is 83.1 cm³/mol.